The second kappa shape index (κ2) is 8.19. The van der Waals surface area contributed by atoms with E-state index in [0.717, 1.165) is 24.3 Å². The number of benzene rings is 1. The van der Waals surface area contributed by atoms with Gasteiger partial charge in [-0.2, -0.15) is 0 Å². The van der Waals surface area contributed by atoms with E-state index in [1.165, 1.54) is 0 Å². The fourth-order valence-electron chi connectivity index (χ4n) is 3.52. The highest BCUT2D eigenvalue weighted by atomic mass is 16.6. The number of amides is 1. The van der Waals surface area contributed by atoms with E-state index in [4.69, 9.17) is 9.47 Å². The Morgan fingerprint density at radius 1 is 1.15 bits per heavy atom. The molecule has 0 radical (unpaired) electrons. The molecular weight excluding hydrogens is 344 g/mol. The summed E-state index contributed by atoms with van der Waals surface area (Å²) >= 11 is 0. The Morgan fingerprint density at radius 3 is 2.30 bits per heavy atom. The maximum Gasteiger partial charge on any atom is 0.410 e. The molecule has 1 amide bonds. The Hall–Kier alpha value is -2.24. The molecular formula is C21H32N2O4. The quantitative estimate of drug-likeness (QED) is 0.687. The summed E-state index contributed by atoms with van der Waals surface area (Å²) < 4.78 is 10.6. The number of carbonyl (C=O) groups excluding carboxylic acids is 2. The second-order valence-corrected chi connectivity index (χ2v) is 7.91. The summed E-state index contributed by atoms with van der Waals surface area (Å²) in [5, 5.41) is 0. The number of carbonyl (C=O) groups is 2. The Labute approximate surface area is 162 Å². The Bertz CT molecular complexity index is 684. The lowest BCUT2D eigenvalue weighted by Crippen LogP contribution is -2.59. The lowest BCUT2D eigenvalue weighted by molar-refractivity contribution is 0.00564. The average Bonchev–Trinajstić information content (AvgIpc) is 2.95. The third kappa shape index (κ3) is 4.73. The highest BCUT2D eigenvalue weighted by Crippen LogP contribution is 2.29. The van der Waals surface area contributed by atoms with E-state index >= 15 is 0 Å². The molecule has 2 aliphatic rings. The summed E-state index contributed by atoms with van der Waals surface area (Å²) in [5.74, 6) is -0.252. The van der Waals surface area contributed by atoms with Crippen LogP contribution in [0.5, 0.6) is 0 Å². The van der Waals surface area contributed by atoms with Crippen molar-refractivity contribution in [3.63, 3.8) is 0 Å². The number of ether oxygens (including phenoxy) is 2. The van der Waals surface area contributed by atoms with Gasteiger partial charge in [0.15, 0.2) is 0 Å². The van der Waals surface area contributed by atoms with Crippen molar-refractivity contribution >= 4 is 17.7 Å². The summed E-state index contributed by atoms with van der Waals surface area (Å²) in [6.07, 6.45) is -0.264. The van der Waals surface area contributed by atoms with Crippen LogP contribution in [0.1, 0.15) is 64.4 Å². The minimum atomic E-state index is -0.500. The summed E-state index contributed by atoms with van der Waals surface area (Å²) in [6, 6.07) is 5.86. The van der Waals surface area contributed by atoms with Crippen molar-refractivity contribution in [2.75, 3.05) is 18.0 Å². The molecule has 0 bridgehead atoms. The lowest BCUT2D eigenvalue weighted by Gasteiger charge is -2.45. The SMILES string of the molecule is CC.CC1CN(c2ccc3c(c2)COC3=O)CC(C)N1C(=O)OC(C)(C)C. The van der Waals surface area contributed by atoms with E-state index in [0.29, 0.717) is 12.2 Å². The fourth-order valence-corrected chi connectivity index (χ4v) is 3.52. The van der Waals surface area contributed by atoms with Crippen molar-refractivity contribution in [1.29, 1.82) is 0 Å². The Balaban J connectivity index is 0.00000126. The zero-order valence-electron chi connectivity index (χ0n) is 17.5. The van der Waals surface area contributed by atoms with Crippen LogP contribution in [0.25, 0.3) is 0 Å². The number of rotatable bonds is 1. The molecule has 1 saturated heterocycles. The van der Waals surface area contributed by atoms with E-state index in [2.05, 4.69) is 4.90 Å². The topological polar surface area (TPSA) is 59.1 Å². The van der Waals surface area contributed by atoms with Crippen LogP contribution >= 0.6 is 0 Å². The number of hydrogen-bond acceptors (Lipinski definition) is 5. The molecule has 150 valence electrons. The minimum Gasteiger partial charge on any atom is -0.457 e. The molecule has 0 aromatic heterocycles. The first kappa shape index (κ1) is 21.1. The number of hydrogen-bond donors (Lipinski definition) is 0. The molecule has 0 aliphatic carbocycles. The summed E-state index contributed by atoms with van der Waals surface area (Å²) in [6.45, 7) is 15.5. The average molecular weight is 376 g/mol. The van der Waals surface area contributed by atoms with E-state index in [1.807, 2.05) is 71.6 Å². The van der Waals surface area contributed by atoms with Gasteiger partial charge in [0.05, 0.1) is 17.6 Å². The minimum absolute atomic E-state index is 0.0322. The lowest BCUT2D eigenvalue weighted by atomic mass is 10.0. The zero-order chi connectivity index (χ0) is 20.4. The molecule has 0 N–H and O–H groups in total. The normalized spacial score (nSPS) is 21.8. The smallest absolute Gasteiger partial charge is 0.410 e. The Morgan fingerprint density at radius 2 is 1.74 bits per heavy atom. The number of cyclic esters (lactones) is 1. The molecule has 2 unspecified atom stereocenters. The highest BCUT2D eigenvalue weighted by molar-refractivity contribution is 5.93. The van der Waals surface area contributed by atoms with Gasteiger partial charge in [-0.05, 0) is 52.8 Å². The molecule has 6 nitrogen and oxygen atoms in total. The second-order valence-electron chi connectivity index (χ2n) is 7.91. The van der Waals surface area contributed by atoms with E-state index < -0.39 is 5.60 Å². The Kier molecular flexibility index (Phi) is 6.39. The number of piperazine rings is 1. The summed E-state index contributed by atoms with van der Waals surface area (Å²) in [4.78, 5) is 28.2. The first-order valence-electron chi connectivity index (χ1n) is 9.72. The molecule has 0 saturated carbocycles. The van der Waals surface area contributed by atoms with E-state index in [9.17, 15) is 9.59 Å². The predicted molar refractivity (Wildman–Crippen MR) is 106 cm³/mol. The van der Waals surface area contributed by atoms with Crippen LogP contribution in [0, 0.1) is 0 Å². The van der Waals surface area contributed by atoms with Gasteiger partial charge < -0.3 is 14.4 Å². The van der Waals surface area contributed by atoms with Gasteiger partial charge in [0.1, 0.15) is 12.2 Å². The van der Waals surface area contributed by atoms with Gasteiger partial charge in [-0.25, -0.2) is 9.59 Å². The van der Waals surface area contributed by atoms with Crippen molar-refractivity contribution < 1.29 is 19.1 Å². The largest absolute Gasteiger partial charge is 0.457 e. The van der Waals surface area contributed by atoms with Gasteiger partial charge in [0.2, 0.25) is 0 Å². The number of anilines is 1. The number of fused-ring (bicyclic) bond motifs is 1. The van der Waals surface area contributed by atoms with Gasteiger partial charge in [0.25, 0.3) is 0 Å². The monoisotopic (exact) mass is 376 g/mol. The van der Waals surface area contributed by atoms with Crippen molar-refractivity contribution in [3.05, 3.63) is 29.3 Å². The first-order chi connectivity index (χ1) is 12.7. The molecule has 0 spiro atoms. The molecule has 2 heterocycles. The fraction of sp³-hybridized carbons (Fsp3) is 0.619. The summed E-state index contributed by atoms with van der Waals surface area (Å²) in [5.41, 5.74) is 2.13. The summed E-state index contributed by atoms with van der Waals surface area (Å²) in [7, 11) is 0. The molecule has 2 atom stereocenters. The van der Waals surface area contributed by atoms with Gasteiger partial charge in [-0.3, -0.25) is 4.90 Å². The van der Waals surface area contributed by atoms with Gasteiger partial charge in [-0.1, -0.05) is 13.8 Å². The molecule has 1 aromatic carbocycles. The zero-order valence-corrected chi connectivity index (χ0v) is 17.5. The number of esters is 1. The maximum absolute atomic E-state index is 12.5. The van der Waals surface area contributed by atoms with Crippen LogP contribution < -0.4 is 4.90 Å². The van der Waals surface area contributed by atoms with Crippen LogP contribution in [0.4, 0.5) is 10.5 Å². The van der Waals surface area contributed by atoms with Crippen LogP contribution in [-0.2, 0) is 16.1 Å². The third-order valence-electron chi connectivity index (χ3n) is 4.56. The molecule has 27 heavy (non-hydrogen) atoms. The van der Waals surface area contributed by atoms with Gasteiger partial charge >= 0.3 is 12.1 Å². The van der Waals surface area contributed by atoms with Crippen molar-refractivity contribution in [3.8, 4) is 0 Å². The van der Waals surface area contributed by atoms with Crippen LogP contribution in [0.2, 0.25) is 0 Å². The van der Waals surface area contributed by atoms with E-state index in [-0.39, 0.29) is 24.1 Å². The molecule has 6 heteroatoms. The molecule has 1 aromatic rings. The first-order valence-corrected chi connectivity index (χ1v) is 9.72. The van der Waals surface area contributed by atoms with Crippen LogP contribution in [0.15, 0.2) is 18.2 Å². The maximum atomic E-state index is 12.5. The van der Waals surface area contributed by atoms with E-state index in [1.54, 1.807) is 0 Å². The molecule has 3 rings (SSSR count). The standard InChI is InChI=1S/C19H26N2O4.C2H6/c1-12-9-20(10-13(2)21(12)18(23)25-19(3,4)5)15-6-7-16-14(8-15)11-24-17(16)22;1-2/h6-8,12-13H,9-11H2,1-5H3;1-2H3. The van der Waals surface area contributed by atoms with Gasteiger partial charge in [-0.15, -0.1) is 0 Å². The third-order valence-corrected chi connectivity index (χ3v) is 4.56. The van der Waals surface area contributed by atoms with Crippen LogP contribution in [-0.4, -0.2) is 47.7 Å². The molecule has 2 aliphatic heterocycles. The van der Waals surface area contributed by atoms with Crippen LogP contribution in [0.3, 0.4) is 0 Å². The van der Waals surface area contributed by atoms with Crippen molar-refractivity contribution in [1.82, 2.24) is 4.90 Å². The molecule has 1 fully saturated rings. The van der Waals surface area contributed by atoms with Crippen molar-refractivity contribution in [2.24, 2.45) is 0 Å². The number of nitrogens with zero attached hydrogens (tertiary/aromatic N) is 2. The highest BCUT2D eigenvalue weighted by Gasteiger charge is 2.36. The van der Waals surface area contributed by atoms with Crippen molar-refractivity contribution in [2.45, 2.75) is 72.8 Å². The van der Waals surface area contributed by atoms with Gasteiger partial charge in [0, 0.05) is 24.3 Å². The predicted octanol–water partition coefficient (Wildman–Crippen LogP) is 4.22.